The SMILES string of the molecule is O=C(CN(C(=O)CNC(=O)c1cccs1)c1ccc(Cl)c(Cl)c1)NC1CCCCC1. The molecular weight excluding hydrogens is 445 g/mol. The summed E-state index contributed by atoms with van der Waals surface area (Å²) < 4.78 is 0. The summed E-state index contributed by atoms with van der Waals surface area (Å²) in [7, 11) is 0. The van der Waals surface area contributed by atoms with Crippen molar-refractivity contribution in [3.63, 3.8) is 0 Å². The normalized spacial score (nSPS) is 14.2. The summed E-state index contributed by atoms with van der Waals surface area (Å²) in [5.74, 6) is -0.998. The van der Waals surface area contributed by atoms with Gasteiger partial charge in [0.2, 0.25) is 11.8 Å². The lowest BCUT2D eigenvalue weighted by molar-refractivity contribution is -0.124. The minimum Gasteiger partial charge on any atom is -0.352 e. The van der Waals surface area contributed by atoms with E-state index in [1.54, 1.807) is 29.6 Å². The first-order valence-electron chi connectivity index (χ1n) is 9.80. The molecule has 3 amide bonds. The van der Waals surface area contributed by atoms with Crippen LogP contribution in [0.25, 0.3) is 0 Å². The van der Waals surface area contributed by atoms with Gasteiger partial charge in [0.25, 0.3) is 5.91 Å². The van der Waals surface area contributed by atoms with E-state index in [4.69, 9.17) is 23.2 Å². The fourth-order valence-electron chi connectivity index (χ4n) is 3.39. The molecule has 1 heterocycles. The largest absolute Gasteiger partial charge is 0.352 e. The van der Waals surface area contributed by atoms with E-state index in [9.17, 15) is 14.4 Å². The smallest absolute Gasteiger partial charge is 0.261 e. The van der Waals surface area contributed by atoms with Gasteiger partial charge in [0, 0.05) is 11.7 Å². The Morgan fingerprint density at radius 2 is 1.83 bits per heavy atom. The van der Waals surface area contributed by atoms with Crippen LogP contribution in [0.4, 0.5) is 5.69 Å². The Labute approximate surface area is 189 Å². The summed E-state index contributed by atoms with van der Waals surface area (Å²) in [5, 5.41) is 8.03. The van der Waals surface area contributed by atoms with Gasteiger partial charge in [-0.05, 0) is 42.5 Å². The van der Waals surface area contributed by atoms with Crippen molar-refractivity contribution in [1.82, 2.24) is 10.6 Å². The second kappa shape index (κ2) is 10.8. The summed E-state index contributed by atoms with van der Waals surface area (Å²) in [4.78, 5) is 39.5. The van der Waals surface area contributed by atoms with Gasteiger partial charge in [-0.3, -0.25) is 14.4 Å². The molecule has 6 nitrogen and oxygen atoms in total. The highest BCUT2D eigenvalue weighted by Crippen LogP contribution is 2.27. The molecule has 2 aromatic rings. The Balaban J connectivity index is 1.69. The fourth-order valence-corrected chi connectivity index (χ4v) is 4.32. The first-order valence-corrected chi connectivity index (χ1v) is 11.4. The maximum atomic E-state index is 12.9. The van der Waals surface area contributed by atoms with Crippen LogP contribution in [0, 0.1) is 0 Å². The zero-order chi connectivity index (χ0) is 21.5. The molecule has 3 rings (SSSR count). The van der Waals surface area contributed by atoms with Crippen LogP contribution in [0.15, 0.2) is 35.7 Å². The number of benzene rings is 1. The van der Waals surface area contributed by atoms with Gasteiger partial charge >= 0.3 is 0 Å². The van der Waals surface area contributed by atoms with E-state index in [-0.39, 0.29) is 36.0 Å². The van der Waals surface area contributed by atoms with Gasteiger partial charge in [0.1, 0.15) is 6.54 Å². The highest BCUT2D eigenvalue weighted by Gasteiger charge is 2.23. The Morgan fingerprint density at radius 3 is 2.50 bits per heavy atom. The van der Waals surface area contributed by atoms with Gasteiger partial charge < -0.3 is 15.5 Å². The summed E-state index contributed by atoms with van der Waals surface area (Å²) in [6.45, 7) is -0.407. The molecular formula is C21H23Cl2N3O3S. The molecule has 0 aliphatic heterocycles. The third kappa shape index (κ3) is 6.20. The van der Waals surface area contributed by atoms with E-state index < -0.39 is 5.91 Å². The first kappa shape index (κ1) is 22.6. The molecule has 1 saturated carbocycles. The number of carbonyl (C=O) groups is 3. The lowest BCUT2D eigenvalue weighted by Gasteiger charge is -2.26. The number of nitrogens with one attached hydrogen (secondary N) is 2. The zero-order valence-electron chi connectivity index (χ0n) is 16.3. The number of rotatable bonds is 7. The van der Waals surface area contributed by atoms with E-state index >= 15 is 0 Å². The van der Waals surface area contributed by atoms with Crippen molar-refractivity contribution < 1.29 is 14.4 Å². The van der Waals surface area contributed by atoms with Gasteiger partial charge in [-0.2, -0.15) is 0 Å². The Morgan fingerprint density at radius 1 is 1.07 bits per heavy atom. The van der Waals surface area contributed by atoms with E-state index in [0.717, 1.165) is 25.7 Å². The van der Waals surface area contributed by atoms with Gasteiger partial charge in [-0.25, -0.2) is 0 Å². The second-order valence-corrected chi connectivity index (χ2v) is 8.90. The molecule has 1 aliphatic rings. The van der Waals surface area contributed by atoms with E-state index in [1.165, 1.54) is 28.7 Å². The molecule has 0 saturated heterocycles. The molecule has 1 aromatic carbocycles. The molecule has 9 heteroatoms. The van der Waals surface area contributed by atoms with E-state index in [2.05, 4.69) is 10.6 Å². The van der Waals surface area contributed by atoms with Gasteiger partial charge in [-0.15, -0.1) is 11.3 Å². The highest BCUT2D eigenvalue weighted by atomic mass is 35.5. The summed E-state index contributed by atoms with van der Waals surface area (Å²) >= 11 is 13.4. The maximum absolute atomic E-state index is 12.9. The molecule has 1 aliphatic carbocycles. The minimum atomic E-state index is -0.419. The van der Waals surface area contributed by atoms with Crippen LogP contribution in [0.5, 0.6) is 0 Å². The van der Waals surface area contributed by atoms with Crippen LogP contribution in [-0.4, -0.2) is 36.9 Å². The lowest BCUT2D eigenvalue weighted by atomic mass is 9.95. The molecule has 2 N–H and O–H groups in total. The van der Waals surface area contributed by atoms with Crippen LogP contribution in [0.3, 0.4) is 0 Å². The van der Waals surface area contributed by atoms with Crippen molar-refractivity contribution in [2.24, 2.45) is 0 Å². The van der Waals surface area contributed by atoms with E-state index in [1.807, 2.05) is 0 Å². The van der Waals surface area contributed by atoms with Crippen LogP contribution in [-0.2, 0) is 9.59 Å². The predicted molar refractivity (Wildman–Crippen MR) is 120 cm³/mol. The van der Waals surface area contributed by atoms with Crippen molar-refractivity contribution in [2.75, 3.05) is 18.0 Å². The van der Waals surface area contributed by atoms with Gasteiger partial charge in [0.05, 0.1) is 21.5 Å². The maximum Gasteiger partial charge on any atom is 0.261 e. The lowest BCUT2D eigenvalue weighted by Crippen LogP contribution is -2.47. The number of carbonyl (C=O) groups excluding carboxylic acids is 3. The molecule has 1 aromatic heterocycles. The molecule has 0 spiro atoms. The zero-order valence-corrected chi connectivity index (χ0v) is 18.7. The summed E-state index contributed by atoms with van der Waals surface area (Å²) in [5.41, 5.74) is 0.443. The van der Waals surface area contributed by atoms with Crippen LogP contribution in [0.2, 0.25) is 10.0 Å². The highest BCUT2D eigenvalue weighted by molar-refractivity contribution is 7.12. The number of hydrogen-bond donors (Lipinski definition) is 2. The number of nitrogens with zero attached hydrogens (tertiary/aromatic N) is 1. The average molecular weight is 468 g/mol. The van der Waals surface area contributed by atoms with Crippen LogP contribution < -0.4 is 15.5 Å². The Bertz CT molecular complexity index is 899. The molecule has 1 fully saturated rings. The average Bonchev–Trinajstić information content (AvgIpc) is 3.28. The van der Waals surface area contributed by atoms with Crippen molar-refractivity contribution in [3.8, 4) is 0 Å². The summed E-state index contributed by atoms with van der Waals surface area (Å²) in [6, 6.07) is 8.31. The van der Waals surface area contributed by atoms with Crippen LogP contribution in [0.1, 0.15) is 41.8 Å². The fraction of sp³-hybridized carbons (Fsp3) is 0.381. The number of hydrogen-bond acceptors (Lipinski definition) is 4. The number of thiophene rings is 1. The van der Waals surface area contributed by atoms with E-state index in [0.29, 0.717) is 15.6 Å². The topological polar surface area (TPSA) is 78.5 Å². The van der Waals surface area contributed by atoms with Crippen LogP contribution >= 0.6 is 34.5 Å². The number of halogens is 2. The third-order valence-corrected chi connectivity index (χ3v) is 6.54. The molecule has 0 unspecified atom stereocenters. The predicted octanol–water partition coefficient (Wildman–Crippen LogP) is 4.27. The summed E-state index contributed by atoms with van der Waals surface area (Å²) in [6.07, 6.45) is 5.27. The number of amides is 3. The molecule has 0 bridgehead atoms. The first-order chi connectivity index (χ1) is 14.4. The Kier molecular flexibility index (Phi) is 8.13. The molecule has 160 valence electrons. The minimum absolute atomic E-state index is 0.135. The molecule has 30 heavy (non-hydrogen) atoms. The molecule has 0 atom stereocenters. The standard InChI is InChI=1S/C21H23Cl2N3O3S/c22-16-9-8-15(11-17(16)23)26(13-19(27)25-14-5-2-1-3-6-14)20(28)12-24-21(29)18-7-4-10-30-18/h4,7-11,14H,1-3,5-6,12-13H2,(H,24,29)(H,25,27). The Hall–Kier alpha value is -2.09. The van der Waals surface area contributed by atoms with Crippen molar-refractivity contribution >= 4 is 57.9 Å². The van der Waals surface area contributed by atoms with Gasteiger partial charge in [-0.1, -0.05) is 48.5 Å². The third-order valence-electron chi connectivity index (χ3n) is 4.93. The van der Waals surface area contributed by atoms with Crippen molar-refractivity contribution in [2.45, 2.75) is 38.1 Å². The van der Waals surface area contributed by atoms with Crippen molar-refractivity contribution in [3.05, 3.63) is 50.6 Å². The number of anilines is 1. The second-order valence-electron chi connectivity index (χ2n) is 7.14. The van der Waals surface area contributed by atoms with Crippen molar-refractivity contribution in [1.29, 1.82) is 0 Å². The van der Waals surface area contributed by atoms with Gasteiger partial charge in [0.15, 0.2) is 0 Å². The monoisotopic (exact) mass is 467 g/mol. The molecule has 0 radical (unpaired) electrons. The quantitative estimate of drug-likeness (QED) is 0.637.